The largest absolute Gasteiger partial charge is 0.507 e. The van der Waals surface area contributed by atoms with Crippen molar-refractivity contribution in [2.24, 2.45) is 0 Å². The minimum Gasteiger partial charge on any atom is -0.507 e. The van der Waals surface area contributed by atoms with E-state index >= 15 is 0 Å². The Balaban J connectivity index is 2.12. The highest BCUT2D eigenvalue weighted by Gasteiger charge is 2.30. The molecule has 0 aliphatic rings. The zero-order chi connectivity index (χ0) is 18.6. The van der Waals surface area contributed by atoms with Gasteiger partial charge in [-0.25, -0.2) is 4.79 Å². The molecule has 2 rings (SSSR count). The van der Waals surface area contributed by atoms with E-state index in [0.717, 1.165) is 30.3 Å². The summed E-state index contributed by atoms with van der Waals surface area (Å²) in [6.07, 6.45) is -2.27. The van der Waals surface area contributed by atoms with Crippen LogP contribution < -0.4 is 5.32 Å². The number of aromatic hydroxyl groups is 1. The van der Waals surface area contributed by atoms with Crippen molar-refractivity contribution in [1.82, 2.24) is 0 Å². The van der Waals surface area contributed by atoms with Gasteiger partial charge in [-0.2, -0.15) is 13.2 Å². The van der Waals surface area contributed by atoms with Crippen LogP contribution >= 0.6 is 0 Å². The van der Waals surface area contributed by atoms with Crippen molar-refractivity contribution in [1.29, 1.82) is 0 Å². The van der Waals surface area contributed by atoms with Crippen LogP contribution in [0.3, 0.4) is 0 Å². The van der Waals surface area contributed by atoms with Gasteiger partial charge in [0.1, 0.15) is 11.3 Å². The number of carboxylic acids is 1. The number of alkyl halides is 3. The molecule has 0 spiro atoms. The van der Waals surface area contributed by atoms with E-state index < -0.39 is 29.4 Å². The van der Waals surface area contributed by atoms with Gasteiger partial charge >= 0.3 is 12.1 Å². The van der Waals surface area contributed by atoms with Gasteiger partial charge in [-0.15, -0.1) is 0 Å². The van der Waals surface area contributed by atoms with E-state index in [4.69, 9.17) is 5.11 Å². The first-order chi connectivity index (χ1) is 11.7. The Hall–Kier alpha value is -3.29. The maximum absolute atomic E-state index is 12.6. The van der Waals surface area contributed by atoms with Crippen molar-refractivity contribution in [2.45, 2.75) is 6.18 Å². The third kappa shape index (κ3) is 4.84. The topological polar surface area (TPSA) is 86.6 Å². The summed E-state index contributed by atoms with van der Waals surface area (Å²) in [5.41, 5.74) is -0.921. The Bertz CT molecular complexity index is 844. The van der Waals surface area contributed by atoms with Crippen LogP contribution in [-0.4, -0.2) is 22.1 Å². The summed E-state index contributed by atoms with van der Waals surface area (Å²) >= 11 is 0. The molecule has 8 heteroatoms. The molecule has 1 amide bonds. The van der Waals surface area contributed by atoms with Gasteiger partial charge in [0.15, 0.2) is 0 Å². The summed E-state index contributed by atoms with van der Waals surface area (Å²) in [6.45, 7) is 0. The Kier molecular flexibility index (Phi) is 5.11. The normalized spacial score (nSPS) is 11.5. The van der Waals surface area contributed by atoms with Crippen LogP contribution in [0.2, 0.25) is 0 Å². The number of halogens is 3. The molecule has 0 saturated heterocycles. The van der Waals surface area contributed by atoms with E-state index in [9.17, 15) is 27.9 Å². The maximum atomic E-state index is 12.6. The van der Waals surface area contributed by atoms with E-state index in [1.807, 2.05) is 0 Å². The average Bonchev–Trinajstić information content (AvgIpc) is 2.54. The molecule has 0 unspecified atom stereocenters. The number of hydrogen-bond acceptors (Lipinski definition) is 3. The van der Waals surface area contributed by atoms with Crippen molar-refractivity contribution in [3.8, 4) is 5.75 Å². The fourth-order valence-electron chi connectivity index (χ4n) is 1.96. The van der Waals surface area contributed by atoms with E-state index in [2.05, 4.69) is 5.32 Å². The van der Waals surface area contributed by atoms with Gasteiger partial charge in [0, 0.05) is 11.8 Å². The predicted octanol–water partition coefficient (Wildman–Crippen LogP) is 3.76. The molecule has 0 heterocycles. The summed E-state index contributed by atoms with van der Waals surface area (Å²) in [7, 11) is 0. The first-order valence-electron chi connectivity index (χ1n) is 6.89. The summed E-state index contributed by atoms with van der Waals surface area (Å²) < 4.78 is 37.9. The standard InChI is InChI=1S/C17H12F3NO4/c18-17(19,20)11-3-1-2-10(8-11)4-7-15(23)21-12-5-6-14(22)13(9-12)16(24)25/h1-9,22H,(H,21,23)(H,24,25). The fourth-order valence-corrected chi connectivity index (χ4v) is 1.96. The second kappa shape index (κ2) is 7.08. The molecule has 0 radical (unpaired) electrons. The highest BCUT2D eigenvalue weighted by atomic mass is 19.4. The molecule has 0 atom stereocenters. The number of hydrogen-bond donors (Lipinski definition) is 3. The summed E-state index contributed by atoms with van der Waals surface area (Å²) in [6, 6.07) is 7.90. The Labute approximate surface area is 140 Å². The van der Waals surface area contributed by atoms with Crippen molar-refractivity contribution in [3.63, 3.8) is 0 Å². The Morgan fingerprint density at radius 2 is 1.80 bits per heavy atom. The van der Waals surface area contributed by atoms with Gasteiger partial charge in [0.25, 0.3) is 0 Å². The SMILES string of the molecule is O=C(C=Cc1cccc(C(F)(F)F)c1)Nc1ccc(O)c(C(=O)O)c1. The molecule has 0 fully saturated rings. The number of benzene rings is 2. The van der Waals surface area contributed by atoms with E-state index in [-0.39, 0.29) is 16.8 Å². The molecular weight excluding hydrogens is 339 g/mol. The summed E-state index contributed by atoms with van der Waals surface area (Å²) in [5.74, 6) is -2.49. The number of aromatic carboxylic acids is 1. The van der Waals surface area contributed by atoms with Crippen LogP contribution in [0.15, 0.2) is 48.5 Å². The molecule has 0 aromatic heterocycles. The molecule has 25 heavy (non-hydrogen) atoms. The maximum Gasteiger partial charge on any atom is 0.416 e. The first kappa shape index (κ1) is 18.1. The Morgan fingerprint density at radius 1 is 1.08 bits per heavy atom. The van der Waals surface area contributed by atoms with Gasteiger partial charge in [0.2, 0.25) is 5.91 Å². The minimum absolute atomic E-state index is 0.119. The van der Waals surface area contributed by atoms with Crippen molar-refractivity contribution < 1.29 is 33.0 Å². The van der Waals surface area contributed by atoms with Gasteiger partial charge < -0.3 is 15.5 Å². The number of carbonyl (C=O) groups is 2. The highest BCUT2D eigenvalue weighted by Crippen LogP contribution is 2.29. The van der Waals surface area contributed by atoms with Crippen LogP contribution in [-0.2, 0) is 11.0 Å². The molecule has 0 aliphatic carbocycles. The van der Waals surface area contributed by atoms with E-state index in [0.29, 0.717) is 0 Å². The average molecular weight is 351 g/mol. The molecule has 130 valence electrons. The van der Waals surface area contributed by atoms with Gasteiger partial charge in [0.05, 0.1) is 5.56 Å². The number of carboxylic acid groups (broad SMARTS) is 1. The number of nitrogens with one attached hydrogen (secondary N) is 1. The van der Waals surface area contributed by atoms with Crippen molar-refractivity contribution in [3.05, 3.63) is 65.2 Å². The zero-order valence-electron chi connectivity index (χ0n) is 12.5. The monoisotopic (exact) mass is 351 g/mol. The lowest BCUT2D eigenvalue weighted by atomic mass is 10.1. The van der Waals surface area contributed by atoms with Gasteiger partial charge in [-0.1, -0.05) is 12.1 Å². The first-order valence-corrected chi connectivity index (χ1v) is 6.89. The molecule has 2 aromatic rings. The second-order valence-electron chi connectivity index (χ2n) is 4.98. The third-order valence-electron chi connectivity index (χ3n) is 3.14. The molecule has 0 bridgehead atoms. The highest BCUT2D eigenvalue weighted by molar-refractivity contribution is 6.03. The number of rotatable bonds is 4. The van der Waals surface area contributed by atoms with Crippen LogP contribution in [0.5, 0.6) is 5.75 Å². The smallest absolute Gasteiger partial charge is 0.416 e. The van der Waals surface area contributed by atoms with Crippen LogP contribution in [0.4, 0.5) is 18.9 Å². The fraction of sp³-hybridized carbons (Fsp3) is 0.0588. The molecule has 3 N–H and O–H groups in total. The molecule has 0 saturated carbocycles. The number of anilines is 1. The van der Waals surface area contributed by atoms with E-state index in [1.165, 1.54) is 24.3 Å². The van der Waals surface area contributed by atoms with Crippen LogP contribution in [0.25, 0.3) is 6.08 Å². The van der Waals surface area contributed by atoms with Crippen molar-refractivity contribution in [2.75, 3.05) is 5.32 Å². The molecule has 5 nitrogen and oxygen atoms in total. The molecule has 2 aromatic carbocycles. The number of phenols is 1. The lowest BCUT2D eigenvalue weighted by Crippen LogP contribution is -2.09. The van der Waals surface area contributed by atoms with Gasteiger partial charge in [-0.3, -0.25) is 4.79 Å². The predicted molar refractivity (Wildman–Crippen MR) is 84.2 cm³/mol. The van der Waals surface area contributed by atoms with Crippen LogP contribution in [0.1, 0.15) is 21.5 Å². The quantitative estimate of drug-likeness (QED) is 0.578. The number of amides is 1. The van der Waals surface area contributed by atoms with E-state index in [1.54, 1.807) is 0 Å². The Morgan fingerprint density at radius 3 is 2.44 bits per heavy atom. The summed E-state index contributed by atoms with van der Waals surface area (Å²) in [4.78, 5) is 22.7. The number of carbonyl (C=O) groups excluding carboxylic acids is 1. The molecule has 0 aliphatic heterocycles. The molecular formula is C17H12F3NO4. The zero-order valence-corrected chi connectivity index (χ0v) is 12.5. The minimum atomic E-state index is -4.48. The second-order valence-corrected chi connectivity index (χ2v) is 4.98. The third-order valence-corrected chi connectivity index (χ3v) is 3.14. The lowest BCUT2D eigenvalue weighted by molar-refractivity contribution is -0.137. The lowest BCUT2D eigenvalue weighted by Gasteiger charge is -2.07. The summed E-state index contributed by atoms with van der Waals surface area (Å²) in [5, 5.41) is 20.6. The van der Waals surface area contributed by atoms with Gasteiger partial charge in [-0.05, 0) is 42.0 Å². The van der Waals surface area contributed by atoms with Crippen LogP contribution in [0, 0.1) is 0 Å². The van der Waals surface area contributed by atoms with Crippen molar-refractivity contribution >= 4 is 23.6 Å².